The van der Waals surface area contributed by atoms with E-state index in [1.807, 2.05) is 44.2 Å². The summed E-state index contributed by atoms with van der Waals surface area (Å²) >= 11 is 1.33. The van der Waals surface area contributed by atoms with Gasteiger partial charge in [-0.3, -0.25) is 14.6 Å². The topological polar surface area (TPSA) is 94.9 Å². The van der Waals surface area contributed by atoms with Crippen LogP contribution in [0.5, 0.6) is 0 Å². The number of rotatable bonds is 7. The molecule has 2 rings (SSSR count). The maximum Gasteiger partial charge on any atom is 0.262 e. The van der Waals surface area contributed by atoms with Crippen LogP contribution in [0.15, 0.2) is 36.5 Å². The van der Waals surface area contributed by atoms with Crippen LogP contribution in [0.1, 0.15) is 29.9 Å². The molecule has 7 heteroatoms. The molecule has 2 N–H and O–H groups in total. The Morgan fingerprint density at radius 3 is 2.72 bits per heavy atom. The van der Waals surface area contributed by atoms with E-state index in [4.69, 9.17) is 5.26 Å². The van der Waals surface area contributed by atoms with Crippen molar-refractivity contribution in [1.82, 2.24) is 15.6 Å². The van der Waals surface area contributed by atoms with Gasteiger partial charge in [-0.1, -0.05) is 19.9 Å². The predicted octanol–water partition coefficient (Wildman–Crippen LogP) is 2.59. The van der Waals surface area contributed by atoms with Crippen LogP contribution in [0.25, 0.3) is 10.6 Å². The first kappa shape index (κ1) is 18.6. The summed E-state index contributed by atoms with van der Waals surface area (Å²) in [6.07, 6.45) is 2.20. The third-order valence-corrected chi connectivity index (χ3v) is 4.52. The van der Waals surface area contributed by atoms with Gasteiger partial charge in [0.05, 0.1) is 21.5 Å². The highest BCUT2D eigenvalue weighted by molar-refractivity contribution is 7.17. The predicted molar refractivity (Wildman–Crippen MR) is 96.9 cm³/mol. The van der Waals surface area contributed by atoms with Crippen LogP contribution < -0.4 is 10.6 Å². The van der Waals surface area contributed by atoms with Gasteiger partial charge in [-0.2, -0.15) is 5.26 Å². The van der Waals surface area contributed by atoms with Crippen molar-refractivity contribution >= 4 is 23.2 Å². The van der Waals surface area contributed by atoms with Crippen molar-refractivity contribution in [2.45, 2.75) is 26.3 Å². The van der Waals surface area contributed by atoms with Gasteiger partial charge in [0, 0.05) is 6.20 Å². The fourth-order valence-electron chi connectivity index (χ4n) is 2.29. The lowest BCUT2D eigenvalue weighted by molar-refractivity contribution is -0.123. The van der Waals surface area contributed by atoms with E-state index in [0.29, 0.717) is 11.3 Å². The molecule has 130 valence electrons. The highest BCUT2D eigenvalue weighted by Gasteiger charge is 2.23. The Morgan fingerprint density at radius 2 is 2.08 bits per heavy atom. The van der Waals surface area contributed by atoms with Crippen molar-refractivity contribution in [2.24, 2.45) is 5.92 Å². The van der Waals surface area contributed by atoms with E-state index in [1.165, 1.54) is 11.3 Å². The first-order valence-electron chi connectivity index (χ1n) is 7.98. The summed E-state index contributed by atoms with van der Waals surface area (Å²) in [4.78, 5) is 30.3. The second-order valence-electron chi connectivity index (χ2n) is 5.91. The maximum atomic E-state index is 12.5. The van der Waals surface area contributed by atoms with Gasteiger partial charge in [0.1, 0.15) is 12.6 Å². The summed E-state index contributed by atoms with van der Waals surface area (Å²) in [5, 5.41) is 13.9. The van der Waals surface area contributed by atoms with Crippen molar-refractivity contribution in [1.29, 1.82) is 5.26 Å². The molecule has 1 atom stereocenters. The first-order chi connectivity index (χ1) is 12.0. The fourth-order valence-corrected chi connectivity index (χ4v) is 3.17. The van der Waals surface area contributed by atoms with E-state index in [2.05, 4.69) is 15.6 Å². The standard InChI is InChI=1S/C18H20N4O2S/c1-12(2)11-14(17(23)21-10-8-19)22-18(24)16-7-6-15(25-16)13-5-3-4-9-20-13/h3-7,9,12,14H,10-11H2,1-2H3,(H,21,23)(H,22,24)/t14-/m0/s1. The van der Waals surface area contributed by atoms with Gasteiger partial charge in [0.15, 0.2) is 0 Å². The van der Waals surface area contributed by atoms with Crippen molar-refractivity contribution in [2.75, 3.05) is 6.54 Å². The minimum Gasteiger partial charge on any atom is -0.341 e. The number of hydrogen-bond acceptors (Lipinski definition) is 5. The summed E-state index contributed by atoms with van der Waals surface area (Å²) in [5.41, 5.74) is 0.803. The molecule has 2 heterocycles. The van der Waals surface area contributed by atoms with Gasteiger partial charge >= 0.3 is 0 Å². The van der Waals surface area contributed by atoms with Gasteiger partial charge in [-0.15, -0.1) is 11.3 Å². The summed E-state index contributed by atoms with van der Waals surface area (Å²) in [6.45, 7) is 3.87. The lowest BCUT2D eigenvalue weighted by Gasteiger charge is -2.19. The minimum atomic E-state index is -0.666. The number of thiophene rings is 1. The highest BCUT2D eigenvalue weighted by atomic mass is 32.1. The van der Waals surface area contributed by atoms with E-state index >= 15 is 0 Å². The Kier molecular flexibility index (Phi) is 6.66. The molecule has 0 spiro atoms. The number of aromatic nitrogens is 1. The Morgan fingerprint density at radius 1 is 1.28 bits per heavy atom. The number of hydrogen-bond donors (Lipinski definition) is 2. The van der Waals surface area contributed by atoms with Crippen LogP contribution in [0.4, 0.5) is 0 Å². The van der Waals surface area contributed by atoms with E-state index < -0.39 is 6.04 Å². The minimum absolute atomic E-state index is 0.0773. The number of nitriles is 1. The van der Waals surface area contributed by atoms with Crippen LogP contribution >= 0.6 is 11.3 Å². The number of carbonyl (C=O) groups excluding carboxylic acids is 2. The van der Waals surface area contributed by atoms with Gasteiger partial charge in [0.25, 0.3) is 5.91 Å². The van der Waals surface area contributed by atoms with Gasteiger partial charge in [0.2, 0.25) is 5.91 Å². The van der Waals surface area contributed by atoms with E-state index in [-0.39, 0.29) is 24.3 Å². The molecule has 2 aromatic rings. The van der Waals surface area contributed by atoms with E-state index in [1.54, 1.807) is 12.3 Å². The molecule has 0 aliphatic rings. The molecule has 0 aliphatic heterocycles. The average Bonchev–Trinajstić information content (AvgIpc) is 3.09. The molecule has 0 saturated carbocycles. The zero-order valence-electron chi connectivity index (χ0n) is 14.2. The SMILES string of the molecule is CC(C)C[C@H](NC(=O)c1ccc(-c2ccccn2)s1)C(=O)NCC#N. The number of nitrogens with one attached hydrogen (secondary N) is 2. The molecule has 6 nitrogen and oxygen atoms in total. The molecule has 0 unspecified atom stereocenters. The molecule has 0 aliphatic carbocycles. The summed E-state index contributed by atoms with van der Waals surface area (Å²) in [6, 6.07) is 10.4. The quantitative estimate of drug-likeness (QED) is 0.746. The van der Waals surface area contributed by atoms with Gasteiger partial charge in [-0.25, -0.2) is 0 Å². The highest BCUT2D eigenvalue weighted by Crippen LogP contribution is 2.26. The van der Waals surface area contributed by atoms with Crippen molar-refractivity contribution in [3.63, 3.8) is 0 Å². The number of carbonyl (C=O) groups is 2. The van der Waals surface area contributed by atoms with Crippen LogP contribution in [0, 0.1) is 17.2 Å². The lowest BCUT2D eigenvalue weighted by Crippen LogP contribution is -2.47. The largest absolute Gasteiger partial charge is 0.341 e. The number of pyridine rings is 1. The number of nitrogens with zero attached hydrogens (tertiary/aromatic N) is 2. The van der Waals surface area contributed by atoms with Crippen LogP contribution in [-0.2, 0) is 4.79 Å². The molecular formula is C18H20N4O2S. The van der Waals surface area contributed by atoms with E-state index in [9.17, 15) is 9.59 Å². The van der Waals surface area contributed by atoms with Crippen molar-refractivity contribution < 1.29 is 9.59 Å². The first-order valence-corrected chi connectivity index (χ1v) is 8.79. The zero-order chi connectivity index (χ0) is 18.2. The summed E-state index contributed by atoms with van der Waals surface area (Å²) in [5.74, 6) is -0.416. The Hall–Kier alpha value is -2.72. The monoisotopic (exact) mass is 356 g/mol. The van der Waals surface area contributed by atoms with Crippen molar-refractivity contribution in [3.05, 3.63) is 41.4 Å². The van der Waals surface area contributed by atoms with Crippen LogP contribution in [-0.4, -0.2) is 29.4 Å². The summed E-state index contributed by atoms with van der Waals surface area (Å²) in [7, 11) is 0. The molecule has 0 saturated heterocycles. The van der Waals surface area contributed by atoms with E-state index in [0.717, 1.165) is 10.6 Å². The van der Waals surface area contributed by atoms with Gasteiger partial charge in [-0.05, 0) is 36.6 Å². The molecule has 2 aromatic heterocycles. The molecular weight excluding hydrogens is 336 g/mol. The molecule has 0 fully saturated rings. The van der Waals surface area contributed by atoms with Crippen LogP contribution in [0.3, 0.4) is 0 Å². The lowest BCUT2D eigenvalue weighted by atomic mass is 10.0. The molecule has 25 heavy (non-hydrogen) atoms. The molecule has 0 radical (unpaired) electrons. The van der Waals surface area contributed by atoms with Crippen molar-refractivity contribution in [3.8, 4) is 16.6 Å². The van der Waals surface area contributed by atoms with Gasteiger partial charge < -0.3 is 10.6 Å². The third-order valence-electron chi connectivity index (χ3n) is 3.42. The molecule has 2 amide bonds. The Labute approximate surface area is 150 Å². The normalized spacial score (nSPS) is 11.6. The zero-order valence-corrected chi connectivity index (χ0v) is 15.0. The number of amides is 2. The average molecular weight is 356 g/mol. The smallest absolute Gasteiger partial charge is 0.262 e. The molecule has 0 aromatic carbocycles. The Bertz CT molecular complexity index is 765. The second-order valence-corrected chi connectivity index (χ2v) is 6.99. The second kappa shape index (κ2) is 8.94. The Balaban J connectivity index is 2.09. The third kappa shape index (κ3) is 5.40. The van der Waals surface area contributed by atoms with Crippen LogP contribution in [0.2, 0.25) is 0 Å². The fraction of sp³-hybridized carbons (Fsp3) is 0.333. The maximum absolute atomic E-state index is 12.5. The summed E-state index contributed by atoms with van der Waals surface area (Å²) < 4.78 is 0. The molecule has 0 bridgehead atoms.